The molecule has 4 fully saturated rings. The molecule has 0 aliphatic carbocycles. The zero-order valence-electron chi connectivity index (χ0n) is 49.1. The Labute approximate surface area is 467 Å². The third-order valence-corrected chi connectivity index (χ3v) is 16.3. The molecule has 5 aliphatic rings. The van der Waals surface area contributed by atoms with Gasteiger partial charge < -0.3 is 97.7 Å². The standard InChI is InChI=1S/C58H96O21/c1-29-17-16-18-40(59)44(69-13)25-41(60)54(78-55(65)33(5)23-31(3)21-30(2)22-32(4)42(20-19-29)76-56-51(64)50(63)52(71-15)37(9)74-56)58(67)35(7)48(61)34(6)43(79-58)24-39(28-68-12)75-47-27-57(11,66)53(38(10)73-47)77-46-26-45(70-14)49(62)36(8)72-46/h17,19-23,32,34-54,56,59-64,66-67H,16,18,24-28H2,1-15H3/b20-19-,29-17+,30-22+,31-21+,33-23+/t32-,34+,35-,36-,37+,38+,39-,40+,41+,42?,43-,44?,45-,46+,47+,48+,49-,50+,51+,52+,53+,54-,56+,57+,58-/m0/s1. The highest BCUT2D eigenvalue weighted by atomic mass is 16.7. The number of rotatable bonds is 14. The Hall–Kier alpha value is -2.59. The molecule has 79 heavy (non-hydrogen) atoms. The maximum absolute atomic E-state index is 14.3. The van der Waals surface area contributed by atoms with E-state index in [2.05, 4.69) is 0 Å². The lowest BCUT2D eigenvalue weighted by Crippen LogP contribution is -2.66. The number of aliphatic hydroxyl groups excluding tert-OH is 6. The summed E-state index contributed by atoms with van der Waals surface area (Å²) < 4.78 is 72.2. The number of cyclic esters (lactones) is 1. The molecule has 5 aliphatic heterocycles. The summed E-state index contributed by atoms with van der Waals surface area (Å²) in [5.74, 6) is -5.55. The Bertz CT molecular complexity index is 2080. The van der Waals surface area contributed by atoms with Crippen LogP contribution in [0, 0.1) is 17.8 Å². The number of aliphatic hydroxyl groups is 8. The minimum absolute atomic E-state index is 0.000680. The van der Waals surface area contributed by atoms with Gasteiger partial charge in [0.1, 0.15) is 30.5 Å². The number of carbonyl (C=O) groups excluding carboxylic acids is 1. The van der Waals surface area contributed by atoms with Gasteiger partial charge in [-0.15, -0.1) is 0 Å². The van der Waals surface area contributed by atoms with E-state index in [-0.39, 0.29) is 50.2 Å². The topological polar surface area (TPSA) is 290 Å². The molecule has 454 valence electrons. The van der Waals surface area contributed by atoms with E-state index in [0.717, 1.165) is 11.1 Å². The molecule has 0 radical (unpaired) electrons. The summed E-state index contributed by atoms with van der Waals surface area (Å²) in [4.78, 5) is 14.3. The molecule has 0 spiro atoms. The second-order valence-corrected chi connectivity index (χ2v) is 23.0. The molecule has 2 unspecified atom stereocenters. The van der Waals surface area contributed by atoms with Gasteiger partial charge in [-0.2, -0.15) is 0 Å². The summed E-state index contributed by atoms with van der Waals surface area (Å²) in [6.45, 7) is 19.1. The van der Waals surface area contributed by atoms with Crippen molar-refractivity contribution in [2.45, 2.75) is 249 Å². The molecule has 0 aromatic carbocycles. The normalized spacial score (nSPS) is 47.4. The highest BCUT2D eigenvalue weighted by Crippen LogP contribution is 2.44. The molecule has 21 nitrogen and oxygen atoms in total. The summed E-state index contributed by atoms with van der Waals surface area (Å²) >= 11 is 0. The quantitative estimate of drug-likeness (QED) is 0.115. The van der Waals surface area contributed by atoms with Crippen LogP contribution in [0.1, 0.15) is 115 Å². The van der Waals surface area contributed by atoms with Crippen molar-refractivity contribution in [2.75, 3.05) is 35.0 Å². The van der Waals surface area contributed by atoms with E-state index in [1.165, 1.54) is 42.3 Å². The fraction of sp³-hybridized carbons (Fsp3) is 0.810. The second kappa shape index (κ2) is 29.8. The molecule has 5 rings (SSSR count). The van der Waals surface area contributed by atoms with Crippen LogP contribution in [0.5, 0.6) is 0 Å². The van der Waals surface area contributed by atoms with E-state index in [1.54, 1.807) is 47.6 Å². The van der Waals surface area contributed by atoms with Gasteiger partial charge >= 0.3 is 5.97 Å². The van der Waals surface area contributed by atoms with E-state index < -0.39 is 152 Å². The average molecular weight is 1130 g/mol. The molecule has 0 saturated carbocycles. The van der Waals surface area contributed by atoms with Gasteiger partial charge in [0.2, 0.25) is 5.79 Å². The fourth-order valence-electron chi connectivity index (χ4n) is 11.6. The van der Waals surface area contributed by atoms with Crippen LogP contribution in [0.15, 0.2) is 58.7 Å². The van der Waals surface area contributed by atoms with Gasteiger partial charge in [0, 0.05) is 77.4 Å². The first-order chi connectivity index (χ1) is 37.1. The lowest BCUT2D eigenvalue weighted by Gasteiger charge is -2.52. The molecule has 4 saturated heterocycles. The number of allylic oxidation sites excluding steroid dienone is 7. The van der Waals surface area contributed by atoms with E-state index in [4.69, 9.17) is 56.8 Å². The van der Waals surface area contributed by atoms with Crippen LogP contribution in [-0.4, -0.2) is 216 Å². The van der Waals surface area contributed by atoms with E-state index in [0.29, 0.717) is 12.0 Å². The van der Waals surface area contributed by atoms with Crippen molar-refractivity contribution >= 4 is 5.97 Å². The summed E-state index contributed by atoms with van der Waals surface area (Å²) in [6.07, 6.45) is -8.51. The van der Waals surface area contributed by atoms with Crippen LogP contribution in [0.3, 0.4) is 0 Å². The number of ether oxygens (including phenoxy) is 12. The number of hydrogen-bond acceptors (Lipinski definition) is 21. The predicted octanol–water partition coefficient (Wildman–Crippen LogP) is 3.59. The van der Waals surface area contributed by atoms with Gasteiger partial charge in [0.05, 0.1) is 79.4 Å². The average Bonchev–Trinajstić information content (AvgIpc) is 3.41. The largest absolute Gasteiger partial charge is 0.450 e. The Balaban J connectivity index is 1.41. The third-order valence-electron chi connectivity index (χ3n) is 16.3. The Morgan fingerprint density at radius 2 is 1.39 bits per heavy atom. The molecule has 0 aromatic rings. The number of carbonyl (C=O) groups is 1. The maximum atomic E-state index is 14.3. The molecule has 0 aromatic heterocycles. The minimum atomic E-state index is -2.53. The van der Waals surface area contributed by atoms with Crippen LogP contribution in [0.25, 0.3) is 0 Å². The Kier molecular flexibility index (Phi) is 25.3. The van der Waals surface area contributed by atoms with Crippen LogP contribution >= 0.6 is 0 Å². The number of esters is 1. The molecule has 0 bridgehead atoms. The summed E-state index contributed by atoms with van der Waals surface area (Å²) in [5.41, 5.74) is 0.889. The second-order valence-electron chi connectivity index (χ2n) is 23.0. The maximum Gasteiger partial charge on any atom is 0.334 e. The summed E-state index contributed by atoms with van der Waals surface area (Å²) in [7, 11) is 5.79. The van der Waals surface area contributed by atoms with Crippen molar-refractivity contribution in [3.63, 3.8) is 0 Å². The van der Waals surface area contributed by atoms with E-state index in [1.807, 2.05) is 51.2 Å². The first-order valence-corrected chi connectivity index (χ1v) is 27.9. The molecule has 25 atom stereocenters. The fourth-order valence-corrected chi connectivity index (χ4v) is 11.6. The van der Waals surface area contributed by atoms with Gasteiger partial charge in [-0.05, 0) is 74.3 Å². The van der Waals surface area contributed by atoms with Crippen molar-refractivity contribution in [3.8, 4) is 0 Å². The predicted molar refractivity (Wildman–Crippen MR) is 288 cm³/mol. The van der Waals surface area contributed by atoms with Gasteiger partial charge in [0.15, 0.2) is 25.0 Å². The monoisotopic (exact) mass is 1130 g/mol. The van der Waals surface area contributed by atoms with Crippen LogP contribution in [0.4, 0.5) is 0 Å². The smallest absolute Gasteiger partial charge is 0.334 e. The molecule has 5 heterocycles. The third kappa shape index (κ3) is 17.3. The van der Waals surface area contributed by atoms with Crippen molar-refractivity contribution in [1.29, 1.82) is 0 Å². The van der Waals surface area contributed by atoms with Crippen LogP contribution < -0.4 is 0 Å². The van der Waals surface area contributed by atoms with Gasteiger partial charge in [0.25, 0.3) is 0 Å². The van der Waals surface area contributed by atoms with E-state index in [9.17, 15) is 45.6 Å². The van der Waals surface area contributed by atoms with Crippen molar-refractivity contribution in [3.05, 3.63) is 58.7 Å². The minimum Gasteiger partial charge on any atom is -0.450 e. The summed E-state index contributed by atoms with van der Waals surface area (Å²) in [6, 6.07) is 0. The van der Waals surface area contributed by atoms with Crippen LogP contribution in [0.2, 0.25) is 0 Å². The SMILES string of the molecule is COC[C@H](C[C@@H]1O[C@](O)([C@H]2OC(=O)/C(C)=C/C(C)=C/C(C)=C/[C@H](C)C(O[C@H]3O[C@H](C)[C@@H](OC)[C@H](O)[C@H]3O)/C=C\C(C)=C\CC[C@@H](O)C(OC)C[C@H]2O)[C@@H](C)[C@H](O)[C@@H]1C)O[C@@H]1C[C@@](C)(O)[C@H](O[C@@H]2C[C@H](OC)[C@@H](O)[C@H](C)O2)[C@@H](C)O1. The lowest BCUT2D eigenvalue weighted by molar-refractivity contribution is -0.366. The molecule has 0 amide bonds. The van der Waals surface area contributed by atoms with E-state index >= 15 is 0 Å². The zero-order valence-corrected chi connectivity index (χ0v) is 49.1. The van der Waals surface area contributed by atoms with Crippen molar-refractivity contribution < 1.29 is 102 Å². The first kappa shape index (κ1) is 67.2. The number of hydrogen-bond donors (Lipinski definition) is 8. The summed E-state index contributed by atoms with van der Waals surface area (Å²) in [5, 5.41) is 92.8. The molecule has 8 N–H and O–H groups in total. The molecule has 21 heteroatoms. The first-order valence-electron chi connectivity index (χ1n) is 27.9. The van der Waals surface area contributed by atoms with Gasteiger partial charge in [-0.25, -0.2) is 4.79 Å². The van der Waals surface area contributed by atoms with Crippen LogP contribution in [-0.2, 0) is 61.6 Å². The van der Waals surface area contributed by atoms with Gasteiger partial charge in [-0.1, -0.05) is 67.9 Å². The van der Waals surface area contributed by atoms with Crippen molar-refractivity contribution in [2.24, 2.45) is 17.8 Å². The number of methoxy groups -OCH3 is 4. The highest BCUT2D eigenvalue weighted by Gasteiger charge is 2.59. The Morgan fingerprint density at radius 3 is 2.03 bits per heavy atom. The Morgan fingerprint density at radius 1 is 0.722 bits per heavy atom. The van der Waals surface area contributed by atoms with Crippen molar-refractivity contribution in [1.82, 2.24) is 0 Å². The highest BCUT2D eigenvalue weighted by molar-refractivity contribution is 5.88. The van der Waals surface area contributed by atoms with Gasteiger partial charge in [-0.3, -0.25) is 0 Å². The zero-order chi connectivity index (χ0) is 58.8. The molecular weight excluding hydrogens is 1030 g/mol. The lowest BCUT2D eigenvalue weighted by atomic mass is 9.76. The molecular formula is C58H96O21.